The van der Waals surface area contributed by atoms with E-state index in [1.54, 1.807) is 12.0 Å². The van der Waals surface area contributed by atoms with Gasteiger partial charge in [-0.2, -0.15) is 5.16 Å². The molecule has 0 radical (unpaired) electrons. The molecule has 2 aliphatic rings. The first-order chi connectivity index (χ1) is 12.0. The lowest BCUT2D eigenvalue weighted by molar-refractivity contribution is -0.154. The molecule has 2 fully saturated rings. The molecule has 2 heterocycles. The summed E-state index contributed by atoms with van der Waals surface area (Å²) in [4.78, 5) is 37.7. The first kappa shape index (κ1) is 17.7. The average molecular weight is 351 g/mol. The Morgan fingerprint density at radius 2 is 2.12 bits per heavy atom. The van der Waals surface area contributed by atoms with E-state index >= 15 is 0 Å². The molecule has 8 nitrogen and oxygen atoms in total. The fourth-order valence-electron chi connectivity index (χ4n) is 3.34. The molecule has 1 aromatic heterocycles. The number of ether oxygens (including phenoxy) is 1. The van der Waals surface area contributed by atoms with Crippen molar-refractivity contribution >= 4 is 11.8 Å². The summed E-state index contributed by atoms with van der Waals surface area (Å²) in [6.07, 6.45) is 4.87. The Labute approximate surface area is 145 Å². The smallest absolute Gasteiger partial charge is 0.280 e. The first-order valence-electron chi connectivity index (χ1n) is 8.84. The molecule has 1 saturated heterocycles. The fraction of sp³-hybridized carbons (Fsp3) is 0.706. The molecule has 0 unspecified atom stereocenters. The van der Waals surface area contributed by atoms with Crippen LogP contribution in [0.3, 0.4) is 0 Å². The van der Waals surface area contributed by atoms with Crippen LogP contribution in [0, 0.1) is 0 Å². The minimum absolute atomic E-state index is 0.00652. The van der Waals surface area contributed by atoms with Crippen molar-refractivity contribution < 1.29 is 18.8 Å². The van der Waals surface area contributed by atoms with Crippen molar-refractivity contribution in [2.24, 2.45) is 0 Å². The Morgan fingerprint density at radius 1 is 1.40 bits per heavy atom. The highest BCUT2D eigenvalue weighted by Gasteiger charge is 2.43. The number of methoxy groups -OCH3 is 1. The second kappa shape index (κ2) is 7.43. The monoisotopic (exact) mass is 351 g/mol. The van der Waals surface area contributed by atoms with Crippen LogP contribution >= 0.6 is 0 Å². The van der Waals surface area contributed by atoms with Gasteiger partial charge in [0.05, 0.1) is 0 Å². The van der Waals surface area contributed by atoms with E-state index in [4.69, 9.17) is 9.26 Å². The lowest BCUT2D eigenvalue weighted by Gasteiger charge is -2.41. The van der Waals surface area contributed by atoms with Crippen LogP contribution in [0.1, 0.15) is 44.3 Å². The van der Waals surface area contributed by atoms with Gasteiger partial charge in [-0.3, -0.25) is 14.4 Å². The van der Waals surface area contributed by atoms with E-state index in [0.29, 0.717) is 38.1 Å². The second-order valence-corrected chi connectivity index (χ2v) is 6.86. The van der Waals surface area contributed by atoms with Crippen LogP contribution in [0.15, 0.2) is 15.4 Å². The van der Waals surface area contributed by atoms with Crippen LogP contribution < -0.4 is 10.9 Å². The van der Waals surface area contributed by atoms with Crippen LogP contribution in [0.2, 0.25) is 0 Å². The van der Waals surface area contributed by atoms with E-state index in [1.807, 2.05) is 0 Å². The molecule has 2 N–H and O–H groups in total. The van der Waals surface area contributed by atoms with Gasteiger partial charge in [0.1, 0.15) is 11.4 Å². The summed E-state index contributed by atoms with van der Waals surface area (Å²) in [5.74, 6) is 0.412. The number of piperidine rings is 1. The van der Waals surface area contributed by atoms with Gasteiger partial charge < -0.3 is 19.5 Å². The Morgan fingerprint density at radius 3 is 2.64 bits per heavy atom. The number of aromatic nitrogens is 1. The molecule has 0 bridgehead atoms. The molecule has 1 aliphatic carbocycles. The van der Waals surface area contributed by atoms with Gasteiger partial charge in [0.15, 0.2) is 0 Å². The zero-order valence-electron chi connectivity index (χ0n) is 14.5. The van der Waals surface area contributed by atoms with Crippen LogP contribution in [-0.2, 0) is 20.7 Å². The molecule has 1 saturated carbocycles. The predicted molar refractivity (Wildman–Crippen MR) is 89.0 cm³/mol. The third kappa shape index (κ3) is 3.95. The van der Waals surface area contributed by atoms with E-state index in [2.05, 4.69) is 10.5 Å². The number of carbonyl (C=O) groups is 2. The minimum atomic E-state index is -0.834. The van der Waals surface area contributed by atoms with Crippen molar-refractivity contribution in [3.05, 3.63) is 22.2 Å². The van der Waals surface area contributed by atoms with Crippen molar-refractivity contribution in [3.8, 4) is 0 Å². The van der Waals surface area contributed by atoms with Crippen LogP contribution in [0.5, 0.6) is 0 Å². The quantitative estimate of drug-likeness (QED) is 0.780. The van der Waals surface area contributed by atoms with Crippen molar-refractivity contribution in [2.45, 2.75) is 56.6 Å². The molecule has 2 amide bonds. The highest BCUT2D eigenvalue weighted by atomic mass is 16.5. The minimum Gasteiger partial charge on any atom is -0.384 e. The fourth-order valence-corrected chi connectivity index (χ4v) is 3.34. The molecule has 3 rings (SSSR count). The number of hydrogen-bond acceptors (Lipinski definition) is 5. The van der Waals surface area contributed by atoms with E-state index in [-0.39, 0.29) is 29.8 Å². The van der Waals surface area contributed by atoms with Crippen molar-refractivity contribution in [1.82, 2.24) is 15.4 Å². The zero-order chi connectivity index (χ0) is 17.9. The zero-order valence-corrected chi connectivity index (χ0v) is 14.5. The van der Waals surface area contributed by atoms with Crippen molar-refractivity contribution in [2.75, 3.05) is 20.2 Å². The highest BCUT2D eigenvalue weighted by Crippen LogP contribution is 2.28. The summed E-state index contributed by atoms with van der Waals surface area (Å²) in [7, 11) is 1.56. The van der Waals surface area contributed by atoms with Crippen LogP contribution in [-0.4, -0.2) is 53.7 Å². The summed E-state index contributed by atoms with van der Waals surface area (Å²) in [6, 6.07) is 1.62. The van der Waals surface area contributed by atoms with Gasteiger partial charge in [-0.25, -0.2) is 0 Å². The number of likely N-dealkylation sites (tertiary alicyclic amines) is 1. The Balaban J connectivity index is 1.49. The van der Waals surface area contributed by atoms with Gasteiger partial charge >= 0.3 is 0 Å². The van der Waals surface area contributed by atoms with Gasteiger partial charge in [-0.1, -0.05) is 0 Å². The largest absolute Gasteiger partial charge is 0.384 e. The topological polar surface area (TPSA) is 105 Å². The van der Waals surface area contributed by atoms with E-state index < -0.39 is 5.60 Å². The molecule has 0 spiro atoms. The Kier molecular flexibility index (Phi) is 5.27. The third-order valence-electron chi connectivity index (χ3n) is 5.33. The number of nitrogens with zero attached hydrogens (tertiary/aromatic N) is 1. The molecular formula is C17H25N3O5. The number of amides is 2. The van der Waals surface area contributed by atoms with Gasteiger partial charge in [0.2, 0.25) is 5.91 Å². The highest BCUT2D eigenvalue weighted by molar-refractivity contribution is 5.86. The summed E-state index contributed by atoms with van der Waals surface area (Å²) >= 11 is 0. The number of hydrogen-bond donors (Lipinski definition) is 2. The Bertz CT molecular complexity index is 668. The lowest BCUT2D eigenvalue weighted by Crippen LogP contribution is -2.58. The standard InChI is InChI=1S/C17H25N3O5/c1-24-17(16(23)18-12-3-2-4-12)7-9-20(10-8-17)15(22)6-5-13-11-14(21)19-25-13/h11-12H,2-10H2,1H3,(H,18,23)(H,19,21). The first-order valence-corrected chi connectivity index (χ1v) is 8.84. The number of aryl methyl sites for hydroxylation is 1. The van der Waals surface area contributed by atoms with Gasteiger partial charge in [0.25, 0.3) is 11.5 Å². The summed E-state index contributed by atoms with van der Waals surface area (Å²) in [5.41, 5.74) is -1.14. The third-order valence-corrected chi connectivity index (χ3v) is 5.33. The number of rotatable bonds is 6. The number of aromatic amines is 1. The summed E-state index contributed by atoms with van der Waals surface area (Å²) in [6.45, 7) is 0.976. The van der Waals surface area contributed by atoms with Gasteiger partial charge in [0, 0.05) is 58.0 Å². The SMILES string of the molecule is COC1(C(=O)NC2CCC2)CCN(C(=O)CCc2cc(=O)[nH]o2)CC1. The maximum absolute atomic E-state index is 12.6. The Hall–Kier alpha value is -2.09. The molecular weight excluding hydrogens is 326 g/mol. The van der Waals surface area contributed by atoms with Gasteiger partial charge in [-0.15, -0.1) is 0 Å². The lowest BCUT2D eigenvalue weighted by atomic mass is 9.87. The molecule has 8 heteroatoms. The number of carbonyl (C=O) groups excluding carboxylic acids is 2. The maximum atomic E-state index is 12.6. The molecule has 1 aromatic rings. The molecule has 25 heavy (non-hydrogen) atoms. The van der Waals surface area contributed by atoms with Crippen molar-refractivity contribution in [3.63, 3.8) is 0 Å². The molecule has 0 aromatic carbocycles. The average Bonchev–Trinajstić information content (AvgIpc) is 3.01. The molecule has 0 atom stereocenters. The van der Waals surface area contributed by atoms with Gasteiger partial charge in [-0.05, 0) is 19.3 Å². The van der Waals surface area contributed by atoms with Crippen LogP contribution in [0.25, 0.3) is 0 Å². The van der Waals surface area contributed by atoms with Crippen molar-refractivity contribution in [1.29, 1.82) is 0 Å². The molecule has 1 aliphatic heterocycles. The predicted octanol–water partition coefficient (Wildman–Crippen LogP) is 0.577. The van der Waals surface area contributed by atoms with E-state index in [1.165, 1.54) is 6.07 Å². The van der Waals surface area contributed by atoms with E-state index in [0.717, 1.165) is 19.3 Å². The maximum Gasteiger partial charge on any atom is 0.280 e. The second-order valence-electron chi connectivity index (χ2n) is 6.86. The number of nitrogens with one attached hydrogen (secondary N) is 2. The summed E-state index contributed by atoms with van der Waals surface area (Å²) < 4.78 is 10.5. The number of H-pyrrole nitrogens is 1. The van der Waals surface area contributed by atoms with E-state index in [9.17, 15) is 14.4 Å². The normalized spacial score (nSPS) is 20.1. The van der Waals surface area contributed by atoms with Crippen LogP contribution in [0.4, 0.5) is 0 Å². The molecule has 138 valence electrons. The summed E-state index contributed by atoms with van der Waals surface area (Å²) in [5, 5.41) is 5.27.